The van der Waals surface area contributed by atoms with Crippen molar-refractivity contribution in [3.05, 3.63) is 93.1 Å². The Morgan fingerprint density at radius 3 is 2.53 bits per heavy atom. The molecule has 11 nitrogen and oxygen atoms in total. The summed E-state index contributed by atoms with van der Waals surface area (Å²) in [6, 6.07) is 15.7. The molecule has 0 aliphatic heterocycles. The van der Waals surface area contributed by atoms with Gasteiger partial charge in [0.2, 0.25) is 5.95 Å². The molecule has 0 bridgehead atoms. The highest BCUT2D eigenvalue weighted by molar-refractivity contribution is 6.48. The first-order chi connectivity index (χ1) is 18.3. The largest absolute Gasteiger partial charge is 0.358 e. The van der Waals surface area contributed by atoms with Gasteiger partial charge in [0.05, 0.1) is 23.1 Å². The minimum absolute atomic E-state index is 0.0392. The molecule has 6 aromatic rings. The van der Waals surface area contributed by atoms with Crippen molar-refractivity contribution < 1.29 is 9.59 Å². The van der Waals surface area contributed by atoms with Crippen LogP contribution in [-0.2, 0) is 4.79 Å². The van der Waals surface area contributed by atoms with E-state index in [1.54, 1.807) is 56.3 Å². The Kier molecular flexibility index (Phi) is 5.42. The van der Waals surface area contributed by atoms with Gasteiger partial charge >= 0.3 is 0 Å². The highest BCUT2D eigenvalue weighted by atomic mass is 35.5. The summed E-state index contributed by atoms with van der Waals surface area (Å²) in [6.07, 6.45) is 1.42. The van der Waals surface area contributed by atoms with Gasteiger partial charge in [0.25, 0.3) is 17.2 Å². The zero-order chi connectivity index (χ0) is 26.6. The van der Waals surface area contributed by atoms with Crippen LogP contribution in [0, 0.1) is 13.8 Å². The van der Waals surface area contributed by atoms with Gasteiger partial charge in [-0.2, -0.15) is 19.9 Å². The predicted molar refractivity (Wildman–Crippen MR) is 142 cm³/mol. The van der Waals surface area contributed by atoms with E-state index >= 15 is 0 Å². The van der Waals surface area contributed by atoms with E-state index in [-0.39, 0.29) is 22.8 Å². The molecule has 188 valence electrons. The van der Waals surface area contributed by atoms with Gasteiger partial charge in [-0.3, -0.25) is 19.4 Å². The van der Waals surface area contributed by atoms with Crippen LogP contribution in [0.3, 0.4) is 0 Å². The summed E-state index contributed by atoms with van der Waals surface area (Å²) in [5.41, 5.74) is 2.66. The number of carbonyl (C=O) groups is 2. The number of hydrogen-bond donors (Lipinski definition) is 3. The van der Waals surface area contributed by atoms with Crippen LogP contribution < -0.4 is 10.9 Å². The molecule has 38 heavy (non-hydrogen) atoms. The Bertz CT molecular complexity index is 1950. The van der Waals surface area contributed by atoms with Crippen molar-refractivity contribution in [1.82, 2.24) is 34.5 Å². The first-order valence-corrected chi connectivity index (χ1v) is 11.9. The number of H-pyrrole nitrogens is 2. The number of anilines is 1. The first-order valence-electron chi connectivity index (χ1n) is 11.5. The molecule has 12 heteroatoms. The van der Waals surface area contributed by atoms with Gasteiger partial charge in [-0.05, 0) is 44.2 Å². The number of carbonyl (C=O) groups excluding carboxylic acids is 2. The lowest BCUT2D eigenvalue weighted by Gasteiger charge is -2.09. The maximum Gasteiger partial charge on any atom is 0.298 e. The number of hydrogen-bond acceptors (Lipinski definition) is 6. The molecular weight excluding hydrogens is 508 g/mol. The van der Waals surface area contributed by atoms with Crippen molar-refractivity contribution >= 4 is 51.0 Å². The normalized spacial score (nSPS) is 11.3. The topological polar surface area (TPSA) is 143 Å². The molecule has 0 spiro atoms. The highest BCUT2D eigenvalue weighted by Gasteiger charge is 2.25. The summed E-state index contributed by atoms with van der Waals surface area (Å²) >= 11 is 6.00. The van der Waals surface area contributed by atoms with Gasteiger partial charge in [-0.15, -0.1) is 0 Å². The number of Topliss-reactive ketones (excluding diaryl/α,β-unsaturated/α-hetero) is 1. The molecule has 0 atom stereocenters. The number of rotatable bonds is 5. The van der Waals surface area contributed by atoms with E-state index in [0.29, 0.717) is 33.0 Å². The van der Waals surface area contributed by atoms with Gasteiger partial charge < -0.3 is 10.3 Å². The second-order valence-electron chi connectivity index (χ2n) is 8.70. The van der Waals surface area contributed by atoms with E-state index in [1.807, 2.05) is 12.1 Å². The number of ketones is 1. The number of nitrogens with zero attached hydrogens (tertiary/aromatic N) is 5. The third kappa shape index (κ3) is 3.85. The van der Waals surface area contributed by atoms with Crippen LogP contribution >= 0.6 is 11.6 Å². The number of fused-ring (bicyclic) bond motifs is 2. The number of aromatic amines is 2. The fourth-order valence-corrected chi connectivity index (χ4v) is 4.51. The van der Waals surface area contributed by atoms with Crippen LogP contribution in [-0.4, -0.2) is 46.2 Å². The van der Waals surface area contributed by atoms with Gasteiger partial charge in [-0.25, -0.2) is 4.68 Å². The van der Waals surface area contributed by atoms with E-state index in [2.05, 4.69) is 30.5 Å². The molecule has 0 aliphatic carbocycles. The van der Waals surface area contributed by atoms with E-state index in [1.165, 1.54) is 15.6 Å². The minimum Gasteiger partial charge on any atom is -0.358 e. The van der Waals surface area contributed by atoms with Crippen molar-refractivity contribution in [3.63, 3.8) is 0 Å². The standard InChI is InChI=1S/C26H19ClN8O3/c1-13-11-20(30-25(38)22(36)21-14(2)29-19-6-4-3-5-17(19)21)35(33-13)26-31-23-18(24(37)32-26)12-28-34(23)16-9-7-15(27)8-10-16/h3-12,29H,1-2H3,(H,30,38)(H,31,32,37). The molecule has 3 N–H and O–H groups in total. The lowest BCUT2D eigenvalue weighted by Crippen LogP contribution is -2.25. The summed E-state index contributed by atoms with van der Waals surface area (Å²) < 4.78 is 2.77. The number of amides is 1. The highest BCUT2D eigenvalue weighted by Crippen LogP contribution is 2.24. The third-order valence-corrected chi connectivity index (χ3v) is 6.35. The average Bonchev–Trinajstić information content (AvgIpc) is 3.58. The molecule has 2 aromatic carbocycles. The number of benzene rings is 2. The number of halogens is 1. The molecule has 0 saturated heterocycles. The third-order valence-electron chi connectivity index (χ3n) is 6.10. The van der Waals surface area contributed by atoms with Crippen molar-refractivity contribution in [2.24, 2.45) is 0 Å². The molecule has 0 unspecified atom stereocenters. The minimum atomic E-state index is -0.853. The first kappa shape index (κ1) is 23.4. The molecule has 0 radical (unpaired) electrons. The summed E-state index contributed by atoms with van der Waals surface area (Å²) in [5, 5.41) is 12.8. The quantitative estimate of drug-likeness (QED) is 0.230. The molecular formula is C26H19ClN8O3. The summed E-state index contributed by atoms with van der Waals surface area (Å²) in [7, 11) is 0. The number of aromatic nitrogens is 7. The smallest absolute Gasteiger partial charge is 0.298 e. The maximum atomic E-state index is 13.2. The Morgan fingerprint density at radius 1 is 0.974 bits per heavy atom. The van der Waals surface area contributed by atoms with Gasteiger partial charge in [0.1, 0.15) is 11.2 Å². The van der Waals surface area contributed by atoms with Crippen LogP contribution in [0.15, 0.2) is 65.6 Å². The summed E-state index contributed by atoms with van der Waals surface area (Å²) in [5.74, 6) is -1.35. The number of nitrogens with one attached hydrogen (secondary N) is 3. The molecule has 4 aromatic heterocycles. The Balaban J connectivity index is 1.39. The van der Waals surface area contributed by atoms with Crippen LogP contribution in [0.4, 0.5) is 5.82 Å². The molecule has 4 heterocycles. The Hall–Kier alpha value is -5.03. The summed E-state index contributed by atoms with van der Waals surface area (Å²) in [4.78, 5) is 49.5. The van der Waals surface area contributed by atoms with Crippen molar-refractivity contribution in [3.8, 4) is 11.6 Å². The molecule has 1 amide bonds. The second kappa shape index (κ2) is 8.82. The van der Waals surface area contributed by atoms with Gasteiger partial charge in [0.15, 0.2) is 5.65 Å². The predicted octanol–water partition coefficient (Wildman–Crippen LogP) is 3.87. The van der Waals surface area contributed by atoms with Gasteiger partial charge in [-0.1, -0.05) is 29.8 Å². The number of aryl methyl sites for hydroxylation is 2. The van der Waals surface area contributed by atoms with Crippen molar-refractivity contribution in [2.75, 3.05) is 5.32 Å². The van der Waals surface area contributed by atoms with Crippen molar-refractivity contribution in [1.29, 1.82) is 0 Å². The van der Waals surface area contributed by atoms with E-state index in [9.17, 15) is 14.4 Å². The lowest BCUT2D eigenvalue weighted by molar-refractivity contribution is -0.112. The molecule has 0 saturated carbocycles. The Morgan fingerprint density at radius 2 is 1.74 bits per heavy atom. The molecule has 0 aliphatic rings. The van der Waals surface area contributed by atoms with Gasteiger partial charge in [0, 0.05) is 27.7 Å². The van der Waals surface area contributed by atoms with Crippen LogP contribution in [0.5, 0.6) is 0 Å². The van der Waals surface area contributed by atoms with Crippen LogP contribution in [0.2, 0.25) is 5.02 Å². The second-order valence-corrected chi connectivity index (χ2v) is 9.13. The summed E-state index contributed by atoms with van der Waals surface area (Å²) in [6.45, 7) is 3.45. The zero-order valence-corrected chi connectivity index (χ0v) is 20.9. The van der Waals surface area contributed by atoms with Crippen molar-refractivity contribution in [2.45, 2.75) is 13.8 Å². The van der Waals surface area contributed by atoms with Crippen LogP contribution in [0.1, 0.15) is 21.7 Å². The molecule has 6 rings (SSSR count). The Labute approximate surface area is 219 Å². The SMILES string of the molecule is Cc1cc(NC(=O)C(=O)c2c(C)[nH]c3ccccc23)n(-c2nc3c(cnn3-c3ccc(Cl)cc3)c(=O)[nH]2)n1. The van der Waals surface area contributed by atoms with E-state index < -0.39 is 17.2 Å². The number of para-hydroxylation sites is 1. The lowest BCUT2D eigenvalue weighted by atomic mass is 10.1. The van der Waals surface area contributed by atoms with E-state index in [0.717, 1.165) is 5.52 Å². The zero-order valence-electron chi connectivity index (χ0n) is 20.1. The fourth-order valence-electron chi connectivity index (χ4n) is 4.38. The maximum absolute atomic E-state index is 13.2. The average molecular weight is 527 g/mol. The fraction of sp³-hybridized carbons (Fsp3) is 0.0769. The monoisotopic (exact) mass is 526 g/mol. The molecule has 0 fully saturated rings. The van der Waals surface area contributed by atoms with Crippen LogP contribution in [0.25, 0.3) is 33.6 Å². The van der Waals surface area contributed by atoms with E-state index in [4.69, 9.17) is 11.6 Å².